The maximum atomic E-state index is 14.0. The summed E-state index contributed by atoms with van der Waals surface area (Å²) in [6, 6.07) is 0.435. The molecule has 0 N–H and O–H groups in total. The molecule has 0 aromatic rings. The number of hydrogen-bond donors (Lipinski definition) is 0. The quantitative estimate of drug-likeness (QED) is 0.0450. The van der Waals surface area contributed by atoms with E-state index < -0.39 is 0 Å². The summed E-state index contributed by atoms with van der Waals surface area (Å²) >= 11 is 15.9. The van der Waals surface area contributed by atoms with Crippen molar-refractivity contribution in [1.82, 2.24) is 9.80 Å². The Bertz CT molecular complexity index is 912. The van der Waals surface area contributed by atoms with Crippen molar-refractivity contribution in [3.05, 3.63) is 0 Å². The minimum absolute atomic E-state index is 0.218. The van der Waals surface area contributed by atoms with Gasteiger partial charge in [0.05, 0.1) is 0 Å². The lowest BCUT2D eigenvalue weighted by molar-refractivity contribution is -0.138. The maximum Gasteiger partial charge on any atom is 0.222 e. The molecule has 4 nitrogen and oxygen atoms in total. The van der Waals surface area contributed by atoms with Crippen LogP contribution in [0.15, 0.2) is 0 Å². The van der Waals surface area contributed by atoms with Crippen LogP contribution in [0.5, 0.6) is 0 Å². The minimum atomic E-state index is 0.218. The largest absolute Gasteiger partial charge is 0.338 e. The molecule has 0 aliphatic rings. The summed E-state index contributed by atoms with van der Waals surface area (Å²) in [6.07, 6.45) is 46.0. The van der Waals surface area contributed by atoms with Crippen LogP contribution < -0.4 is 0 Å². The number of rotatable bonds is 47. The molecule has 0 saturated heterocycles. The van der Waals surface area contributed by atoms with E-state index in [1.54, 1.807) is 0 Å². The molecule has 2 amide bonds. The Hall–Kier alpha value is 0.860. The molecule has 0 aromatic carbocycles. The van der Waals surface area contributed by atoms with Crippen molar-refractivity contribution in [1.29, 1.82) is 0 Å². The Morgan fingerprint density at radius 2 is 0.532 bits per heavy atom. The average molecular weight is 1130 g/mol. The van der Waals surface area contributed by atoms with Crippen molar-refractivity contribution < 1.29 is 9.59 Å². The summed E-state index contributed by atoms with van der Waals surface area (Å²) < 4.78 is 0. The van der Waals surface area contributed by atoms with Gasteiger partial charge >= 0.3 is 0 Å². The first-order valence-corrected chi connectivity index (χ1v) is 30.8. The van der Waals surface area contributed by atoms with Gasteiger partial charge in [0.2, 0.25) is 11.8 Å². The van der Waals surface area contributed by atoms with Crippen molar-refractivity contribution in [2.24, 2.45) is 0 Å². The van der Waals surface area contributed by atoms with Crippen LogP contribution in [0.3, 0.4) is 0 Å². The molecule has 0 saturated carbocycles. The summed E-state index contributed by atoms with van der Waals surface area (Å²) in [6.45, 7) is 14.9. The van der Waals surface area contributed by atoms with E-state index in [0.29, 0.717) is 57.1 Å². The van der Waals surface area contributed by atoms with Crippen molar-refractivity contribution in [2.45, 2.75) is 317 Å². The van der Waals surface area contributed by atoms with Crippen LogP contribution in [0.2, 0.25) is 0 Å². The van der Waals surface area contributed by atoms with E-state index >= 15 is 0 Å². The topological polar surface area (TPSA) is 40.6 Å². The molecule has 0 bridgehead atoms. The van der Waals surface area contributed by atoms with Gasteiger partial charge in [0.25, 0.3) is 0 Å². The van der Waals surface area contributed by atoms with E-state index in [0.717, 1.165) is 38.5 Å². The Kier molecular flexibility index (Phi) is 46.3. The zero-order valence-electron chi connectivity index (χ0n) is 42.0. The lowest BCUT2D eigenvalue weighted by atomic mass is 10.0. The zero-order valence-corrected chi connectivity index (χ0v) is 48.3. The van der Waals surface area contributed by atoms with Crippen LogP contribution in [0.1, 0.15) is 286 Å². The van der Waals surface area contributed by atoms with Crippen LogP contribution in [-0.4, -0.2) is 66.1 Å². The third-order valence-electron chi connectivity index (χ3n) is 13.4. The first kappa shape index (κ1) is 62.9. The van der Waals surface area contributed by atoms with Gasteiger partial charge in [-0.2, -0.15) is 0 Å². The van der Waals surface area contributed by atoms with Crippen LogP contribution in [0.25, 0.3) is 0 Å². The number of halogens is 4. The van der Waals surface area contributed by atoms with Crippen molar-refractivity contribution >= 4 is 75.5 Å². The number of alkyl halides is 4. The van der Waals surface area contributed by atoms with Gasteiger partial charge in [0.1, 0.15) is 0 Å². The number of nitrogens with zero attached hydrogens (tertiary/aromatic N) is 2. The second kappa shape index (κ2) is 45.6. The van der Waals surface area contributed by atoms with Crippen LogP contribution in [-0.2, 0) is 9.59 Å². The highest BCUT2D eigenvalue weighted by molar-refractivity contribution is 9.12. The zero-order chi connectivity index (χ0) is 46.1. The van der Waals surface area contributed by atoms with Gasteiger partial charge < -0.3 is 9.80 Å². The van der Waals surface area contributed by atoms with E-state index in [1.807, 2.05) is 0 Å². The first-order valence-electron chi connectivity index (χ1n) is 27.2. The summed E-state index contributed by atoms with van der Waals surface area (Å²) in [4.78, 5) is 34.5. The molecule has 0 rings (SSSR count). The van der Waals surface area contributed by atoms with Crippen molar-refractivity contribution in [2.75, 3.05) is 13.1 Å². The number of amides is 2. The molecule has 0 aromatic heterocycles. The van der Waals surface area contributed by atoms with E-state index in [9.17, 15) is 9.59 Å². The maximum absolute atomic E-state index is 14.0. The molecule has 0 aliphatic carbocycles. The predicted molar refractivity (Wildman–Crippen MR) is 291 cm³/mol. The molecule has 0 aliphatic heterocycles. The molecule has 6 atom stereocenters. The molecule has 0 spiro atoms. The molecule has 370 valence electrons. The smallest absolute Gasteiger partial charge is 0.222 e. The average Bonchev–Trinajstić information content (AvgIpc) is 3.26. The lowest BCUT2D eigenvalue weighted by Crippen LogP contribution is -2.47. The number of hydrogen-bond acceptors (Lipinski definition) is 2. The van der Waals surface area contributed by atoms with Gasteiger partial charge in [-0.3, -0.25) is 9.59 Å². The Morgan fingerprint density at radius 3 is 0.806 bits per heavy atom. The van der Waals surface area contributed by atoms with E-state index in [4.69, 9.17) is 0 Å². The molecule has 0 fully saturated rings. The highest BCUT2D eigenvalue weighted by Crippen LogP contribution is 2.27. The molecular formula is C54H104Br4N2O2. The highest BCUT2D eigenvalue weighted by Gasteiger charge is 2.25. The van der Waals surface area contributed by atoms with Gasteiger partial charge in [0, 0.05) is 57.3 Å². The Balaban J connectivity index is 5.03. The third kappa shape index (κ3) is 36.0. The van der Waals surface area contributed by atoms with E-state index in [1.165, 1.54) is 193 Å². The van der Waals surface area contributed by atoms with Crippen LogP contribution in [0, 0.1) is 0 Å². The summed E-state index contributed by atoms with van der Waals surface area (Å²) in [5.41, 5.74) is 0. The molecule has 62 heavy (non-hydrogen) atoms. The number of carbonyl (C=O) groups excluding carboxylic acids is 2. The number of unbranched alkanes of at least 4 members (excludes halogenated alkanes) is 24. The van der Waals surface area contributed by atoms with Gasteiger partial charge in [0.15, 0.2) is 0 Å². The van der Waals surface area contributed by atoms with Crippen molar-refractivity contribution in [3.8, 4) is 0 Å². The molecule has 8 heteroatoms. The van der Waals surface area contributed by atoms with Gasteiger partial charge in [-0.05, 0) is 65.2 Å². The normalized spacial score (nSPS) is 14.7. The summed E-state index contributed by atoms with van der Waals surface area (Å²) in [5, 5.41) is 0. The van der Waals surface area contributed by atoms with Gasteiger partial charge in [-0.15, -0.1) is 0 Å². The minimum Gasteiger partial charge on any atom is -0.338 e. The fraction of sp³-hybridized carbons (Fsp3) is 0.963. The van der Waals surface area contributed by atoms with Crippen LogP contribution >= 0.6 is 63.7 Å². The fourth-order valence-electron chi connectivity index (χ4n) is 8.98. The SMILES string of the molecule is CCCCCCCCC(Br)C(Br)CCCCCCCC(=O)N(CCN(C(=O)CCCCCCCC(Br)C(Br)CCCCCCCC)C(C)CCCCCC)C(C)CCCCCC. The van der Waals surface area contributed by atoms with E-state index in [2.05, 4.69) is 115 Å². The standard InChI is InChI=1S/C54H104Br4N2O2/c1-7-11-15-19-23-31-39-49(55)51(57)41-33-25-21-27-35-43-53(61)59(47(5)37-29-17-13-9-3)45-46-60(48(6)38-30-18-14-10-4)54(62)44-36-28-22-26-34-42-52(58)50(56)40-32-24-20-16-12-8-2/h47-52H,7-46H2,1-6H3. The molecule has 0 radical (unpaired) electrons. The van der Waals surface area contributed by atoms with Gasteiger partial charge in [-0.1, -0.05) is 271 Å². The third-order valence-corrected chi connectivity index (χ3v) is 19.2. The molecular weight excluding hydrogens is 1030 g/mol. The lowest BCUT2D eigenvalue weighted by Gasteiger charge is -2.35. The summed E-state index contributed by atoms with van der Waals surface area (Å²) in [7, 11) is 0. The highest BCUT2D eigenvalue weighted by atomic mass is 79.9. The Morgan fingerprint density at radius 1 is 0.323 bits per heavy atom. The fourth-order valence-corrected chi connectivity index (χ4v) is 11.3. The second-order valence-corrected chi connectivity index (χ2v) is 24.1. The second-order valence-electron chi connectivity index (χ2n) is 19.4. The van der Waals surface area contributed by atoms with Crippen molar-refractivity contribution in [3.63, 3.8) is 0 Å². The molecule has 6 unspecified atom stereocenters. The first-order chi connectivity index (χ1) is 30.0. The van der Waals surface area contributed by atoms with Gasteiger partial charge in [-0.25, -0.2) is 0 Å². The Labute approximate surface area is 421 Å². The predicted octanol–water partition coefficient (Wildman–Crippen LogP) is 19.4. The van der Waals surface area contributed by atoms with Crippen LogP contribution in [0.4, 0.5) is 0 Å². The molecule has 0 heterocycles. The number of carbonyl (C=O) groups is 2. The monoisotopic (exact) mass is 1130 g/mol. The summed E-state index contributed by atoms with van der Waals surface area (Å²) in [5.74, 6) is 0.598. The van der Waals surface area contributed by atoms with E-state index in [-0.39, 0.29) is 12.1 Å².